The van der Waals surface area contributed by atoms with Crippen LogP contribution in [0.4, 0.5) is 0 Å². The summed E-state index contributed by atoms with van der Waals surface area (Å²) in [5.74, 6) is 0.245. The predicted octanol–water partition coefficient (Wildman–Crippen LogP) is -0.263. The zero-order chi connectivity index (χ0) is 15.6. The van der Waals surface area contributed by atoms with Crippen molar-refractivity contribution in [3.8, 4) is 0 Å². The van der Waals surface area contributed by atoms with Crippen molar-refractivity contribution in [3.63, 3.8) is 0 Å². The monoisotopic (exact) mass is 317 g/mol. The Morgan fingerprint density at radius 3 is 2.43 bits per heavy atom. The zero-order valence-electron chi connectivity index (χ0n) is 12.9. The Labute approximate surface area is 127 Å². The van der Waals surface area contributed by atoms with Crippen molar-refractivity contribution in [1.82, 2.24) is 10.2 Å². The number of nitrogens with zero attached hydrogens (tertiary/aromatic N) is 1. The maximum atomic E-state index is 11.9. The predicted molar refractivity (Wildman–Crippen MR) is 82.6 cm³/mol. The molecular weight excluding hydrogens is 290 g/mol. The van der Waals surface area contributed by atoms with Crippen LogP contribution >= 0.6 is 0 Å². The molecule has 3 N–H and O–H groups in total. The number of hydrogen-bond donors (Lipinski definition) is 2. The van der Waals surface area contributed by atoms with Crippen molar-refractivity contribution >= 4 is 15.7 Å². The third-order valence-electron chi connectivity index (χ3n) is 4.90. The van der Waals surface area contributed by atoms with E-state index in [2.05, 4.69) is 17.3 Å². The number of piperidine rings is 1. The highest BCUT2D eigenvalue weighted by molar-refractivity contribution is 7.90. The summed E-state index contributed by atoms with van der Waals surface area (Å²) in [6.07, 6.45) is 6.13. The first kappa shape index (κ1) is 16.7. The van der Waals surface area contributed by atoms with E-state index in [0.29, 0.717) is 24.5 Å². The summed E-state index contributed by atoms with van der Waals surface area (Å²) in [5.41, 5.74) is 5.74. The smallest absolute Gasteiger partial charge is 0.236 e. The molecule has 6 nitrogen and oxygen atoms in total. The molecule has 3 atom stereocenters. The van der Waals surface area contributed by atoms with Gasteiger partial charge in [0.1, 0.15) is 9.84 Å². The average molecular weight is 317 g/mol. The normalized spacial score (nSPS) is 31.1. The molecule has 2 heterocycles. The quantitative estimate of drug-likeness (QED) is 0.704. The number of carbonyl (C=O) groups is 1. The van der Waals surface area contributed by atoms with Gasteiger partial charge in [0.05, 0.1) is 11.8 Å². The van der Waals surface area contributed by atoms with Crippen LogP contribution in [0.3, 0.4) is 0 Å². The number of hydrogen-bond acceptors (Lipinski definition) is 5. The molecule has 0 aromatic carbocycles. The molecule has 0 saturated carbocycles. The molecule has 2 aliphatic heterocycles. The summed E-state index contributed by atoms with van der Waals surface area (Å²) < 4.78 is 22.2. The first-order valence-corrected chi connectivity index (χ1v) is 9.75. The molecule has 7 heteroatoms. The lowest BCUT2D eigenvalue weighted by atomic mass is 9.91. The van der Waals surface area contributed by atoms with Crippen molar-refractivity contribution in [2.75, 3.05) is 25.6 Å². The maximum Gasteiger partial charge on any atom is 0.236 e. The fourth-order valence-corrected chi connectivity index (χ4v) is 4.22. The van der Waals surface area contributed by atoms with Gasteiger partial charge in [-0.05, 0) is 45.1 Å². The van der Waals surface area contributed by atoms with Gasteiger partial charge in [-0.25, -0.2) is 8.42 Å². The number of sulfone groups is 1. The Hall–Kier alpha value is -0.660. The summed E-state index contributed by atoms with van der Waals surface area (Å²) in [7, 11) is -0.873. The molecule has 1 amide bonds. The molecular formula is C14H27N3O3S. The minimum Gasteiger partial charge on any atom is -0.354 e. The van der Waals surface area contributed by atoms with Gasteiger partial charge >= 0.3 is 0 Å². The van der Waals surface area contributed by atoms with E-state index in [4.69, 9.17) is 5.73 Å². The van der Waals surface area contributed by atoms with Gasteiger partial charge in [-0.3, -0.25) is 4.79 Å². The van der Waals surface area contributed by atoms with Crippen molar-refractivity contribution in [2.24, 2.45) is 11.7 Å². The topological polar surface area (TPSA) is 92.5 Å². The summed E-state index contributed by atoms with van der Waals surface area (Å²) in [6.45, 7) is 0.659. The minimum atomic E-state index is -3.07. The van der Waals surface area contributed by atoms with Crippen molar-refractivity contribution < 1.29 is 13.2 Å². The van der Waals surface area contributed by atoms with Gasteiger partial charge in [0.15, 0.2) is 0 Å². The van der Waals surface area contributed by atoms with E-state index in [0.717, 1.165) is 19.1 Å². The molecule has 2 saturated heterocycles. The number of rotatable bonds is 6. The van der Waals surface area contributed by atoms with Gasteiger partial charge < -0.3 is 16.0 Å². The second-order valence-corrected chi connectivity index (χ2v) is 8.92. The third-order valence-corrected chi connectivity index (χ3v) is 5.87. The number of amides is 1. The minimum absolute atomic E-state index is 0.0417. The van der Waals surface area contributed by atoms with Gasteiger partial charge in [-0.1, -0.05) is 0 Å². The molecule has 2 aliphatic rings. The summed E-state index contributed by atoms with van der Waals surface area (Å²) >= 11 is 0. The Bertz CT molecular complexity index is 466. The highest BCUT2D eigenvalue weighted by Gasteiger charge is 2.38. The molecule has 0 aliphatic carbocycles. The van der Waals surface area contributed by atoms with Gasteiger partial charge in [0, 0.05) is 24.9 Å². The Morgan fingerprint density at radius 2 is 1.90 bits per heavy atom. The highest BCUT2D eigenvalue weighted by Crippen LogP contribution is 2.36. The largest absolute Gasteiger partial charge is 0.354 e. The summed E-state index contributed by atoms with van der Waals surface area (Å²) in [4.78, 5) is 14.4. The molecule has 122 valence electrons. The van der Waals surface area contributed by atoms with Gasteiger partial charge in [-0.2, -0.15) is 0 Å². The van der Waals surface area contributed by atoms with Crippen molar-refractivity contribution in [1.29, 1.82) is 0 Å². The molecule has 0 radical (unpaired) electrons. The Morgan fingerprint density at radius 1 is 1.33 bits per heavy atom. The SMILES string of the molecule is CN1C2CCC1CC(CNC(=O)C(N)CCS(C)(=O)=O)C2. The lowest BCUT2D eigenvalue weighted by molar-refractivity contribution is -0.122. The van der Waals surface area contributed by atoms with Gasteiger partial charge in [0.2, 0.25) is 5.91 Å². The van der Waals surface area contributed by atoms with Crippen LogP contribution in [0.5, 0.6) is 0 Å². The van der Waals surface area contributed by atoms with E-state index in [1.807, 2.05) is 0 Å². The Balaban J connectivity index is 1.72. The van der Waals surface area contributed by atoms with Gasteiger partial charge in [0.25, 0.3) is 0 Å². The standard InChI is InChI=1S/C14H27N3O3S/c1-17-11-3-4-12(17)8-10(7-11)9-16-14(18)13(15)5-6-21(2,19)20/h10-13H,3-9,15H2,1-2H3,(H,16,18). The van der Waals surface area contributed by atoms with Crippen LogP contribution in [-0.4, -0.2) is 63.0 Å². The molecule has 21 heavy (non-hydrogen) atoms. The van der Waals surface area contributed by atoms with Crippen LogP contribution in [0.1, 0.15) is 32.1 Å². The zero-order valence-corrected chi connectivity index (χ0v) is 13.7. The third kappa shape index (κ3) is 4.66. The first-order chi connectivity index (χ1) is 9.76. The van der Waals surface area contributed by atoms with E-state index >= 15 is 0 Å². The number of carbonyl (C=O) groups excluding carboxylic acids is 1. The fourth-order valence-electron chi connectivity index (χ4n) is 3.54. The molecule has 3 unspecified atom stereocenters. The van der Waals surface area contributed by atoms with E-state index in [-0.39, 0.29) is 18.1 Å². The fraction of sp³-hybridized carbons (Fsp3) is 0.929. The van der Waals surface area contributed by atoms with E-state index in [9.17, 15) is 13.2 Å². The molecule has 2 fully saturated rings. The van der Waals surface area contributed by atoms with Gasteiger partial charge in [-0.15, -0.1) is 0 Å². The molecule has 0 spiro atoms. The second kappa shape index (κ2) is 6.62. The van der Waals surface area contributed by atoms with Crippen molar-refractivity contribution in [3.05, 3.63) is 0 Å². The summed E-state index contributed by atoms with van der Waals surface area (Å²) in [6, 6.07) is 0.580. The lowest BCUT2D eigenvalue weighted by Crippen LogP contribution is -2.46. The van der Waals surface area contributed by atoms with E-state index in [1.54, 1.807) is 0 Å². The summed E-state index contributed by atoms with van der Waals surface area (Å²) in [5, 5.41) is 2.89. The van der Waals surface area contributed by atoms with Crippen LogP contribution < -0.4 is 11.1 Å². The number of fused-ring (bicyclic) bond motifs is 2. The molecule has 0 aromatic rings. The number of nitrogens with one attached hydrogen (secondary N) is 1. The molecule has 2 bridgehead atoms. The van der Waals surface area contributed by atoms with E-state index < -0.39 is 15.9 Å². The van der Waals surface area contributed by atoms with Crippen LogP contribution in [0.25, 0.3) is 0 Å². The highest BCUT2D eigenvalue weighted by atomic mass is 32.2. The van der Waals surface area contributed by atoms with Crippen LogP contribution in [-0.2, 0) is 14.6 Å². The lowest BCUT2D eigenvalue weighted by Gasteiger charge is -2.36. The van der Waals surface area contributed by atoms with Crippen molar-refractivity contribution in [2.45, 2.75) is 50.2 Å². The maximum absolute atomic E-state index is 11.9. The number of nitrogens with two attached hydrogens (primary N) is 1. The molecule has 2 rings (SSSR count). The van der Waals surface area contributed by atoms with E-state index in [1.165, 1.54) is 12.8 Å². The van der Waals surface area contributed by atoms with Crippen LogP contribution in [0.15, 0.2) is 0 Å². The van der Waals surface area contributed by atoms with Crippen LogP contribution in [0, 0.1) is 5.92 Å². The first-order valence-electron chi connectivity index (χ1n) is 7.69. The Kier molecular flexibility index (Phi) is 5.27. The average Bonchev–Trinajstić information content (AvgIpc) is 2.64. The van der Waals surface area contributed by atoms with Crippen LogP contribution in [0.2, 0.25) is 0 Å². The second-order valence-electron chi connectivity index (χ2n) is 6.66. The molecule has 0 aromatic heterocycles.